The minimum Gasteiger partial charge on any atom is -0.309 e. The quantitative estimate of drug-likeness (QED) is 0.152. The highest BCUT2D eigenvalue weighted by Crippen LogP contribution is 2.50. The van der Waals surface area contributed by atoms with Crippen LogP contribution in [0.3, 0.4) is 0 Å². The van der Waals surface area contributed by atoms with Crippen LogP contribution in [0.25, 0.3) is 102 Å². The summed E-state index contributed by atoms with van der Waals surface area (Å²) in [7, 11) is 0. The zero-order chi connectivity index (χ0) is 41.4. The lowest BCUT2D eigenvalue weighted by Gasteiger charge is -2.29. The van der Waals surface area contributed by atoms with E-state index in [1.165, 1.54) is 96.5 Å². The Labute approximate surface area is 368 Å². The number of hydrogen-bond acceptors (Lipinski definition) is 2. The fraction of sp³-hybridized carbons (Fsp3) is 0. The molecule has 0 aliphatic rings. The van der Waals surface area contributed by atoms with Crippen LogP contribution in [-0.4, -0.2) is 4.57 Å². The lowest BCUT2D eigenvalue weighted by Crippen LogP contribution is -2.11. The first-order valence-corrected chi connectivity index (χ1v) is 22.4. The predicted octanol–water partition coefficient (Wildman–Crippen LogP) is 17.4. The first-order chi connectivity index (χ1) is 31.3. The van der Waals surface area contributed by atoms with Crippen LogP contribution in [0.15, 0.2) is 231 Å². The molecule has 0 aliphatic heterocycles. The molecule has 0 spiro atoms. The summed E-state index contributed by atoms with van der Waals surface area (Å²) in [5, 5.41) is 12.3. The molecule has 294 valence electrons. The number of anilines is 3. The molecule has 0 unspecified atom stereocenters. The summed E-state index contributed by atoms with van der Waals surface area (Å²) in [5.41, 5.74) is 11.7. The molecule has 11 aromatic carbocycles. The second-order valence-corrected chi connectivity index (χ2v) is 17.5. The molecular weight excluding hydrogens is 781 g/mol. The van der Waals surface area contributed by atoms with Crippen LogP contribution in [0.2, 0.25) is 0 Å². The van der Waals surface area contributed by atoms with Gasteiger partial charge < -0.3 is 9.47 Å². The van der Waals surface area contributed by atoms with Gasteiger partial charge in [0.1, 0.15) is 0 Å². The third-order valence-electron chi connectivity index (χ3n) is 12.9. The number of fused-ring (bicyclic) bond motifs is 11. The van der Waals surface area contributed by atoms with Crippen molar-refractivity contribution in [3.8, 4) is 27.9 Å². The molecule has 63 heavy (non-hydrogen) atoms. The Morgan fingerprint density at radius 3 is 1.75 bits per heavy atom. The molecule has 0 N–H and O–H groups in total. The Balaban J connectivity index is 1.16. The number of hydrogen-bond donors (Lipinski definition) is 0. The van der Waals surface area contributed by atoms with Gasteiger partial charge in [0.2, 0.25) is 0 Å². The minimum atomic E-state index is 1.10. The van der Waals surface area contributed by atoms with Gasteiger partial charge in [0.25, 0.3) is 0 Å². The minimum absolute atomic E-state index is 1.10. The highest BCUT2D eigenvalue weighted by atomic mass is 32.1. The third-order valence-corrected chi connectivity index (χ3v) is 14.1. The molecule has 0 fully saturated rings. The van der Waals surface area contributed by atoms with Gasteiger partial charge >= 0.3 is 0 Å². The van der Waals surface area contributed by atoms with Crippen LogP contribution in [-0.2, 0) is 0 Å². The van der Waals surface area contributed by atoms with Crippen molar-refractivity contribution in [3.05, 3.63) is 231 Å². The SMILES string of the molecule is c1ccc(-c2ccc(N(c3cc4ccccc4c4ccccc34)c3cc4ccccc4c4c3c3ccc(-c5cccc6c5sc5ccccc56)cc3n4-c3ccccc3)cc2)cc1. The number of thiophene rings is 1. The van der Waals surface area contributed by atoms with Crippen LogP contribution in [0.1, 0.15) is 0 Å². The Hall–Kier alpha value is -7.98. The van der Waals surface area contributed by atoms with Crippen molar-refractivity contribution in [2.75, 3.05) is 4.90 Å². The lowest BCUT2D eigenvalue weighted by molar-refractivity contribution is 1.19. The fourth-order valence-corrected chi connectivity index (χ4v) is 11.3. The van der Waals surface area contributed by atoms with E-state index < -0.39 is 0 Å². The molecule has 0 atom stereocenters. The maximum absolute atomic E-state index is 2.53. The van der Waals surface area contributed by atoms with Crippen LogP contribution in [0.5, 0.6) is 0 Å². The first-order valence-electron chi connectivity index (χ1n) is 21.6. The van der Waals surface area contributed by atoms with E-state index in [4.69, 9.17) is 0 Å². The van der Waals surface area contributed by atoms with Gasteiger partial charge in [-0.1, -0.05) is 182 Å². The molecule has 0 radical (unpaired) electrons. The van der Waals surface area contributed by atoms with Gasteiger partial charge in [0.15, 0.2) is 0 Å². The van der Waals surface area contributed by atoms with Gasteiger partial charge in [0, 0.05) is 53.1 Å². The first kappa shape index (κ1) is 35.7. The number of nitrogens with zero attached hydrogens (tertiary/aromatic N) is 2. The zero-order valence-corrected chi connectivity index (χ0v) is 35.1. The van der Waals surface area contributed by atoms with E-state index in [-0.39, 0.29) is 0 Å². The van der Waals surface area contributed by atoms with Crippen molar-refractivity contribution >= 4 is 103 Å². The lowest BCUT2D eigenvalue weighted by atomic mass is 9.97. The molecule has 2 aromatic heterocycles. The van der Waals surface area contributed by atoms with Crippen LogP contribution in [0, 0.1) is 0 Å². The van der Waals surface area contributed by atoms with E-state index in [1.54, 1.807) is 0 Å². The van der Waals surface area contributed by atoms with E-state index >= 15 is 0 Å². The van der Waals surface area contributed by atoms with E-state index in [0.717, 1.165) is 22.7 Å². The summed E-state index contributed by atoms with van der Waals surface area (Å²) in [4.78, 5) is 2.53. The molecule has 3 heteroatoms. The Bertz CT molecular complexity index is 3900. The fourth-order valence-electron chi connectivity index (χ4n) is 10.1. The maximum atomic E-state index is 2.53. The van der Waals surface area contributed by atoms with E-state index in [1.807, 2.05) is 11.3 Å². The summed E-state index contributed by atoms with van der Waals surface area (Å²) in [6.45, 7) is 0. The number of rotatable bonds is 6. The van der Waals surface area contributed by atoms with Gasteiger partial charge in [-0.05, 0) is 92.3 Å². The van der Waals surface area contributed by atoms with Gasteiger partial charge in [-0.15, -0.1) is 11.3 Å². The topological polar surface area (TPSA) is 8.17 Å². The number of benzene rings is 11. The summed E-state index contributed by atoms with van der Waals surface area (Å²) < 4.78 is 5.15. The molecule has 2 heterocycles. The second kappa shape index (κ2) is 14.3. The average Bonchev–Trinajstić information content (AvgIpc) is 3.91. The van der Waals surface area contributed by atoms with Gasteiger partial charge in [-0.25, -0.2) is 0 Å². The predicted molar refractivity (Wildman–Crippen MR) is 272 cm³/mol. The average molecular weight is 819 g/mol. The molecule has 0 bridgehead atoms. The summed E-state index contributed by atoms with van der Waals surface area (Å²) in [6, 6.07) is 84.9. The Morgan fingerprint density at radius 1 is 0.365 bits per heavy atom. The molecule has 0 saturated heterocycles. The van der Waals surface area contributed by atoms with Crippen molar-refractivity contribution in [1.29, 1.82) is 0 Å². The second-order valence-electron chi connectivity index (χ2n) is 16.4. The Morgan fingerprint density at radius 2 is 0.952 bits per heavy atom. The normalized spacial score (nSPS) is 11.8. The largest absolute Gasteiger partial charge is 0.309 e. The highest BCUT2D eigenvalue weighted by molar-refractivity contribution is 7.26. The van der Waals surface area contributed by atoms with Crippen LogP contribution < -0.4 is 4.90 Å². The summed E-state index contributed by atoms with van der Waals surface area (Å²) in [6.07, 6.45) is 0. The zero-order valence-electron chi connectivity index (χ0n) is 34.2. The van der Waals surface area contributed by atoms with Crippen LogP contribution in [0.4, 0.5) is 17.1 Å². The van der Waals surface area contributed by atoms with Crippen molar-refractivity contribution in [2.24, 2.45) is 0 Å². The molecule has 13 aromatic rings. The smallest absolute Gasteiger partial charge is 0.0640 e. The Kier molecular flexibility index (Phi) is 8.12. The van der Waals surface area contributed by atoms with Gasteiger partial charge in [-0.3, -0.25) is 0 Å². The van der Waals surface area contributed by atoms with E-state index in [9.17, 15) is 0 Å². The van der Waals surface area contributed by atoms with Crippen molar-refractivity contribution in [1.82, 2.24) is 4.57 Å². The van der Waals surface area contributed by atoms with Crippen molar-refractivity contribution < 1.29 is 0 Å². The van der Waals surface area contributed by atoms with E-state index in [0.29, 0.717) is 0 Å². The molecule has 13 rings (SSSR count). The van der Waals surface area contributed by atoms with Crippen LogP contribution >= 0.6 is 11.3 Å². The summed E-state index contributed by atoms with van der Waals surface area (Å²) in [5.74, 6) is 0. The standard InChI is InChI=1S/C60H38N2S/c1-3-16-39(17-4-1)40-30-33-45(34-31-40)61(54-36-41-18-7-9-22-46(41)49-24-11-12-25-50(49)54)56-38-42-19-8-10-23-47(42)59-58(56)53-35-32-43(37-55(53)62(59)44-20-5-2-6-21-44)48-27-15-28-52-51-26-13-14-29-57(51)63-60(48)52/h1-38H. The van der Waals surface area contributed by atoms with Gasteiger partial charge in [-0.2, -0.15) is 0 Å². The highest BCUT2D eigenvalue weighted by Gasteiger charge is 2.26. The maximum Gasteiger partial charge on any atom is 0.0640 e. The molecule has 2 nitrogen and oxygen atoms in total. The number of aromatic nitrogens is 1. The monoisotopic (exact) mass is 818 g/mol. The molecular formula is C60H38N2S. The van der Waals surface area contributed by atoms with Crippen molar-refractivity contribution in [3.63, 3.8) is 0 Å². The number of para-hydroxylation sites is 1. The molecule has 0 saturated carbocycles. The summed E-state index contributed by atoms with van der Waals surface area (Å²) >= 11 is 1.89. The molecule has 0 amide bonds. The van der Waals surface area contributed by atoms with Crippen molar-refractivity contribution in [2.45, 2.75) is 0 Å². The van der Waals surface area contributed by atoms with E-state index in [2.05, 4.69) is 240 Å². The third kappa shape index (κ3) is 5.64. The van der Waals surface area contributed by atoms with Gasteiger partial charge in [0.05, 0.1) is 22.4 Å². The molecule has 0 aliphatic carbocycles.